The average Bonchev–Trinajstić information content (AvgIpc) is 3.00. The first-order valence-electron chi connectivity index (χ1n) is 8.32. The van der Waals surface area contributed by atoms with Gasteiger partial charge in [-0.3, -0.25) is 0 Å². The number of phenolic OH excluding ortho intramolecular Hbond substituents is 1. The van der Waals surface area contributed by atoms with E-state index in [4.69, 9.17) is 28.2 Å². The summed E-state index contributed by atoms with van der Waals surface area (Å²) in [5, 5.41) is 12.6. The minimum Gasteiger partial charge on any atom is -0.508 e. The number of aromatic nitrogens is 1. The maximum absolute atomic E-state index is 10.3. The number of aromatic hydroxyl groups is 1. The molecule has 0 unspecified atom stereocenters. The molecule has 1 heterocycles. The largest absolute Gasteiger partial charge is 0.508 e. The van der Waals surface area contributed by atoms with Gasteiger partial charge in [0.2, 0.25) is 0 Å². The zero-order chi connectivity index (χ0) is 17.8. The molecule has 0 aliphatic heterocycles. The van der Waals surface area contributed by atoms with Crippen molar-refractivity contribution >= 4 is 34.1 Å². The molecule has 4 heteroatoms. The molecule has 0 spiro atoms. The van der Waals surface area contributed by atoms with Crippen LogP contribution in [0.25, 0.3) is 33.3 Å². The summed E-state index contributed by atoms with van der Waals surface area (Å²) in [7, 11) is 0. The van der Waals surface area contributed by atoms with Crippen molar-refractivity contribution in [2.45, 2.75) is 6.42 Å². The Kier molecular flexibility index (Phi) is 3.46. The number of rotatable bonds is 1. The van der Waals surface area contributed by atoms with Gasteiger partial charge in [-0.25, -0.2) is 4.98 Å². The van der Waals surface area contributed by atoms with Crippen molar-refractivity contribution in [3.05, 3.63) is 81.8 Å². The highest BCUT2D eigenvalue weighted by molar-refractivity contribution is 6.34. The number of hydrogen-bond donors (Lipinski definition) is 1. The summed E-state index contributed by atoms with van der Waals surface area (Å²) < 4.78 is 0. The maximum atomic E-state index is 10.3. The molecule has 1 aliphatic rings. The van der Waals surface area contributed by atoms with Gasteiger partial charge in [-0.1, -0.05) is 53.5 Å². The first-order chi connectivity index (χ1) is 12.6. The van der Waals surface area contributed by atoms with E-state index in [0.717, 1.165) is 44.4 Å². The van der Waals surface area contributed by atoms with Crippen molar-refractivity contribution < 1.29 is 5.11 Å². The second kappa shape index (κ2) is 5.73. The van der Waals surface area contributed by atoms with Crippen molar-refractivity contribution in [2.75, 3.05) is 0 Å². The molecule has 126 valence electrons. The molecule has 3 aromatic carbocycles. The summed E-state index contributed by atoms with van der Waals surface area (Å²) in [5.41, 5.74) is 6.71. The summed E-state index contributed by atoms with van der Waals surface area (Å²) >= 11 is 12.8. The highest BCUT2D eigenvalue weighted by atomic mass is 35.5. The van der Waals surface area contributed by atoms with Gasteiger partial charge in [0.1, 0.15) is 5.75 Å². The fourth-order valence-corrected chi connectivity index (χ4v) is 4.20. The molecule has 0 bridgehead atoms. The van der Waals surface area contributed by atoms with E-state index in [1.165, 1.54) is 0 Å². The van der Waals surface area contributed by atoms with Crippen molar-refractivity contribution in [1.29, 1.82) is 0 Å². The molecule has 2 nitrogen and oxygen atoms in total. The number of phenols is 1. The van der Waals surface area contributed by atoms with Gasteiger partial charge in [-0.15, -0.1) is 0 Å². The van der Waals surface area contributed by atoms with Crippen LogP contribution in [0.1, 0.15) is 11.1 Å². The Bertz CT molecular complexity index is 1200. The van der Waals surface area contributed by atoms with Crippen LogP contribution in [0.5, 0.6) is 5.75 Å². The fraction of sp³-hybridized carbons (Fsp3) is 0.0455. The van der Waals surface area contributed by atoms with Crippen LogP contribution in [0.15, 0.2) is 60.7 Å². The van der Waals surface area contributed by atoms with Crippen molar-refractivity contribution in [1.82, 2.24) is 4.98 Å². The van der Waals surface area contributed by atoms with Gasteiger partial charge in [-0.05, 0) is 41.5 Å². The molecule has 1 aliphatic carbocycles. The van der Waals surface area contributed by atoms with Crippen LogP contribution in [0.3, 0.4) is 0 Å². The van der Waals surface area contributed by atoms with Crippen molar-refractivity contribution in [3.63, 3.8) is 0 Å². The van der Waals surface area contributed by atoms with E-state index in [2.05, 4.69) is 0 Å². The third-order valence-electron chi connectivity index (χ3n) is 4.95. The van der Waals surface area contributed by atoms with Crippen molar-refractivity contribution in [2.24, 2.45) is 0 Å². The van der Waals surface area contributed by atoms with Gasteiger partial charge >= 0.3 is 0 Å². The molecular formula is C22H13Cl2NO. The van der Waals surface area contributed by atoms with E-state index in [0.29, 0.717) is 22.2 Å². The third kappa shape index (κ3) is 2.23. The first kappa shape index (κ1) is 15.7. The van der Waals surface area contributed by atoms with Gasteiger partial charge < -0.3 is 5.11 Å². The number of fused-ring (bicyclic) bond motifs is 4. The first-order valence-corrected chi connectivity index (χ1v) is 9.07. The summed E-state index contributed by atoms with van der Waals surface area (Å²) in [6.07, 6.45) is 0.618. The number of benzene rings is 3. The highest BCUT2D eigenvalue weighted by Crippen LogP contribution is 2.47. The van der Waals surface area contributed by atoms with Gasteiger partial charge in [0.15, 0.2) is 0 Å². The Labute approximate surface area is 160 Å². The van der Waals surface area contributed by atoms with Crippen LogP contribution in [0.2, 0.25) is 10.0 Å². The number of hydrogen-bond acceptors (Lipinski definition) is 2. The van der Waals surface area contributed by atoms with Gasteiger partial charge in [-0.2, -0.15) is 0 Å². The van der Waals surface area contributed by atoms with Crippen molar-refractivity contribution in [3.8, 4) is 28.1 Å². The molecule has 1 aromatic heterocycles. The van der Waals surface area contributed by atoms with Gasteiger partial charge in [0.25, 0.3) is 0 Å². The SMILES string of the molecule is Oc1cccc2c1Cc1c-2nc2ccc(Cl)cc2c1-c1ccccc1Cl. The van der Waals surface area contributed by atoms with Crippen LogP contribution in [0, 0.1) is 0 Å². The Morgan fingerprint density at radius 2 is 1.65 bits per heavy atom. The van der Waals surface area contributed by atoms with Gasteiger partial charge in [0, 0.05) is 38.5 Å². The Balaban J connectivity index is 1.94. The average molecular weight is 378 g/mol. The quantitative estimate of drug-likeness (QED) is 0.362. The lowest BCUT2D eigenvalue weighted by Crippen LogP contribution is -1.94. The Morgan fingerprint density at radius 1 is 0.846 bits per heavy atom. The molecule has 4 aromatic rings. The van der Waals surface area contributed by atoms with E-state index < -0.39 is 0 Å². The van der Waals surface area contributed by atoms with E-state index in [9.17, 15) is 5.11 Å². The van der Waals surface area contributed by atoms with Crippen LogP contribution in [-0.4, -0.2) is 10.1 Å². The van der Waals surface area contributed by atoms with Crippen LogP contribution in [-0.2, 0) is 6.42 Å². The lowest BCUT2D eigenvalue weighted by molar-refractivity contribution is 0.470. The summed E-state index contributed by atoms with van der Waals surface area (Å²) in [4.78, 5) is 4.88. The molecule has 0 atom stereocenters. The molecule has 0 saturated heterocycles. The normalized spacial score (nSPS) is 12.2. The van der Waals surface area contributed by atoms with Gasteiger partial charge in [0.05, 0.1) is 11.2 Å². The predicted molar refractivity (Wildman–Crippen MR) is 107 cm³/mol. The second-order valence-corrected chi connectivity index (χ2v) is 7.28. The minimum atomic E-state index is 0.299. The Morgan fingerprint density at radius 3 is 2.50 bits per heavy atom. The molecule has 5 rings (SSSR count). The highest BCUT2D eigenvalue weighted by Gasteiger charge is 2.28. The zero-order valence-electron chi connectivity index (χ0n) is 13.6. The Hall–Kier alpha value is -2.55. The molecule has 26 heavy (non-hydrogen) atoms. The molecule has 0 fully saturated rings. The summed E-state index contributed by atoms with van der Waals surface area (Å²) in [5.74, 6) is 0.299. The number of halogens is 2. The smallest absolute Gasteiger partial charge is 0.119 e. The predicted octanol–water partition coefficient (Wildman–Crippen LogP) is 6.49. The lowest BCUT2D eigenvalue weighted by Gasteiger charge is -2.14. The fourth-order valence-electron chi connectivity index (χ4n) is 3.80. The number of pyridine rings is 1. The molecule has 0 saturated carbocycles. The third-order valence-corrected chi connectivity index (χ3v) is 5.52. The van der Waals surface area contributed by atoms with Crippen LogP contribution >= 0.6 is 23.2 Å². The molecular weight excluding hydrogens is 365 g/mol. The van der Waals surface area contributed by atoms with E-state index in [1.807, 2.05) is 54.6 Å². The topological polar surface area (TPSA) is 33.1 Å². The summed E-state index contributed by atoms with van der Waals surface area (Å²) in [6.45, 7) is 0. The lowest BCUT2D eigenvalue weighted by atomic mass is 9.94. The maximum Gasteiger partial charge on any atom is 0.119 e. The van der Waals surface area contributed by atoms with Crippen LogP contribution in [0.4, 0.5) is 0 Å². The van der Waals surface area contributed by atoms with E-state index >= 15 is 0 Å². The standard InChI is InChI=1S/C22H13Cl2NO/c23-12-8-9-19-16(10-12)21(14-4-1-2-6-18(14)24)17-11-15-13(22(17)25-19)5-3-7-20(15)26/h1-10,26H,11H2. The minimum absolute atomic E-state index is 0.299. The summed E-state index contributed by atoms with van der Waals surface area (Å²) in [6, 6.07) is 19.1. The molecule has 1 N–H and O–H groups in total. The zero-order valence-corrected chi connectivity index (χ0v) is 15.1. The molecule has 0 radical (unpaired) electrons. The van der Waals surface area contributed by atoms with Crippen LogP contribution < -0.4 is 0 Å². The van der Waals surface area contributed by atoms with E-state index in [1.54, 1.807) is 6.07 Å². The van der Waals surface area contributed by atoms with E-state index in [-0.39, 0.29) is 0 Å². The monoisotopic (exact) mass is 377 g/mol. The number of nitrogens with zero attached hydrogens (tertiary/aromatic N) is 1. The molecule has 0 amide bonds. The second-order valence-electron chi connectivity index (χ2n) is 6.44.